The molecule has 3 amide bonds. The van der Waals surface area contributed by atoms with E-state index in [1.165, 1.54) is 0 Å². The highest BCUT2D eigenvalue weighted by molar-refractivity contribution is 9.11. The number of hydrogen-bond acceptors (Lipinski definition) is 3. The molecule has 1 aliphatic heterocycles. The Balaban J connectivity index is 1.47. The number of urea groups is 1. The third-order valence-electron chi connectivity index (χ3n) is 4.20. The van der Waals surface area contributed by atoms with Crippen molar-refractivity contribution in [2.45, 2.75) is 0 Å². The van der Waals surface area contributed by atoms with Crippen LogP contribution in [0.25, 0.3) is 0 Å². The van der Waals surface area contributed by atoms with Crippen LogP contribution in [0, 0.1) is 0 Å². The first-order chi connectivity index (χ1) is 13.0. The number of anilines is 1. The van der Waals surface area contributed by atoms with Gasteiger partial charge in [0, 0.05) is 31.9 Å². The monoisotopic (exact) mass is 495 g/mol. The summed E-state index contributed by atoms with van der Waals surface area (Å²) in [7, 11) is 0. The van der Waals surface area contributed by atoms with Gasteiger partial charge in [0.15, 0.2) is 6.61 Å². The number of nitrogens with zero attached hydrogens (tertiary/aromatic N) is 2. The van der Waals surface area contributed by atoms with Crippen molar-refractivity contribution in [1.29, 1.82) is 0 Å². The number of piperazine rings is 1. The molecular weight excluding hydrogens is 478 g/mol. The second-order valence-corrected chi connectivity index (χ2v) is 7.71. The minimum absolute atomic E-state index is 0.0442. The summed E-state index contributed by atoms with van der Waals surface area (Å²) in [6.07, 6.45) is 0. The fourth-order valence-electron chi connectivity index (χ4n) is 2.73. The lowest BCUT2D eigenvalue weighted by molar-refractivity contribution is -0.134. The Morgan fingerprint density at radius 3 is 2.11 bits per heavy atom. The molecule has 0 atom stereocenters. The summed E-state index contributed by atoms with van der Waals surface area (Å²) in [6, 6.07) is 14.8. The predicted octanol–water partition coefficient (Wildman–Crippen LogP) is 3.97. The molecule has 142 valence electrons. The average Bonchev–Trinajstić information content (AvgIpc) is 2.68. The highest BCUT2D eigenvalue weighted by Gasteiger charge is 2.24. The van der Waals surface area contributed by atoms with E-state index in [4.69, 9.17) is 4.74 Å². The lowest BCUT2D eigenvalue weighted by Gasteiger charge is -2.34. The molecule has 27 heavy (non-hydrogen) atoms. The summed E-state index contributed by atoms with van der Waals surface area (Å²) in [4.78, 5) is 28.1. The van der Waals surface area contributed by atoms with E-state index in [1.54, 1.807) is 9.80 Å². The van der Waals surface area contributed by atoms with Crippen LogP contribution >= 0.6 is 31.9 Å². The molecule has 1 fully saturated rings. The molecule has 0 aromatic heterocycles. The van der Waals surface area contributed by atoms with E-state index in [9.17, 15) is 9.59 Å². The SMILES string of the molecule is O=C(COc1c(Br)cccc1Br)N1CCN(C(=O)Nc2ccccc2)CC1. The maximum absolute atomic E-state index is 12.4. The van der Waals surface area contributed by atoms with Crippen LogP contribution in [-0.2, 0) is 4.79 Å². The molecule has 8 heteroatoms. The molecule has 6 nitrogen and oxygen atoms in total. The maximum Gasteiger partial charge on any atom is 0.321 e. The summed E-state index contributed by atoms with van der Waals surface area (Å²) in [5, 5.41) is 2.86. The maximum atomic E-state index is 12.4. The van der Waals surface area contributed by atoms with E-state index in [1.807, 2.05) is 48.5 Å². The van der Waals surface area contributed by atoms with Crippen molar-refractivity contribution in [3.8, 4) is 5.75 Å². The second-order valence-electron chi connectivity index (χ2n) is 6.00. The molecule has 1 heterocycles. The third kappa shape index (κ3) is 5.23. The molecule has 0 aliphatic carbocycles. The predicted molar refractivity (Wildman–Crippen MR) is 111 cm³/mol. The van der Waals surface area contributed by atoms with Crippen LogP contribution < -0.4 is 10.1 Å². The number of rotatable bonds is 4. The number of hydrogen-bond donors (Lipinski definition) is 1. The van der Waals surface area contributed by atoms with Crippen molar-refractivity contribution in [3.63, 3.8) is 0 Å². The quantitative estimate of drug-likeness (QED) is 0.696. The zero-order chi connectivity index (χ0) is 19.2. The Kier molecular flexibility index (Phi) is 6.73. The van der Waals surface area contributed by atoms with Gasteiger partial charge in [-0.05, 0) is 56.1 Å². The van der Waals surface area contributed by atoms with Crippen LogP contribution in [0.2, 0.25) is 0 Å². The van der Waals surface area contributed by atoms with Gasteiger partial charge < -0.3 is 19.9 Å². The molecule has 3 rings (SSSR count). The summed E-state index contributed by atoms with van der Waals surface area (Å²) in [5.74, 6) is 0.507. The van der Waals surface area contributed by atoms with Crippen molar-refractivity contribution in [2.75, 3.05) is 38.1 Å². The first-order valence-electron chi connectivity index (χ1n) is 8.50. The standard InChI is InChI=1S/C19H19Br2N3O3/c20-15-7-4-8-16(21)18(15)27-13-17(25)23-9-11-24(12-10-23)19(26)22-14-5-2-1-3-6-14/h1-8H,9-13H2,(H,22,26). The number of nitrogens with one attached hydrogen (secondary N) is 1. The van der Waals surface area contributed by atoms with Crippen molar-refractivity contribution in [3.05, 3.63) is 57.5 Å². The Morgan fingerprint density at radius 1 is 0.889 bits per heavy atom. The van der Waals surface area contributed by atoms with Crippen molar-refractivity contribution in [2.24, 2.45) is 0 Å². The summed E-state index contributed by atoms with van der Waals surface area (Å²) < 4.78 is 7.23. The normalized spacial score (nSPS) is 14.0. The first kappa shape index (κ1) is 19.7. The molecule has 0 saturated carbocycles. The van der Waals surface area contributed by atoms with Gasteiger partial charge in [0.25, 0.3) is 5.91 Å². The van der Waals surface area contributed by atoms with Gasteiger partial charge in [-0.3, -0.25) is 4.79 Å². The molecule has 2 aromatic carbocycles. The highest BCUT2D eigenvalue weighted by atomic mass is 79.9. The Bertz CT molecular complexity index is 789. The van der Waals surface area contributed by atoms with Crippen molar-refractivity contribution in [1.82, 2.24) is 9.80 Å². The van der Waals surface area contributed by atoms with Gasteiger partial charge in [-0.1, -0.05) is 24.3 Å². The van der Waals surface area contributed by atoms with Crippen LogP contribution in [0.15, 0.2) is 57.5 Å². The lowest BCUT2D eigenvalue weighted by atomic mass is 10.3. The number of para-hydroxylation sites is 2. The van der Waals surface area contributed by atoms with Gasteiger partial charge in [0.1, 0.15) is 5.75 Å². The van der Waals surface area contributed by atoms with Crippen LogP contribution in [0.1, 0.15) is 0 Å². The summed E-state index contributed by atoms with van der Waals surface area (Å²) in [5.41, 5.74) is 0.758. The van der Waals surface area contributed by atoms with E-state index in [0.29, 0.717) is 31.9 Å². The molecule has 2 aromatic rings. The third-order valence-corrected chi connectivity index (χ3v) is 5.45. The van der Waals surface area contributed by atoms with Gasteiger partial charge in [-0.15, -0.1) is 0 Å². The molecule has 1 N–H and O–H groups in total. The van der Waals surface area contributed by atoms with Gasteiger partial charge in [-0.2, -0.15) is 0 Å². The van der Waals surface area contributed by atoms with Crippen LogP contribution in [-0.4, -0.2) is 54.5 Å². The summed E-state index contributed by atoms with van der Waals surface area (Å²) >= 11 is 6.83. The smallest absolute Gasteiger partial charge is 0.321 e. The molecule has 0 unspecified atom stereocenters. The number of carbonyl (C=O) groups excluding carboxylic acids is 2. The highest BCUT2D eigenvalue weighted by Crippen LogP contribution is 2.32. The minimum Gasteiger partial charge on any atom is -0.481 e. The average molecular weight is 497 g/mol. The fraction of sp³-hybridized carbons (Fsp3) is 0.263. The van der Waals surface area contributed by atoms with E-state index >= 15 is 0 Å². The molecule has 1 aliphatic rings. The zero-order valence-electron chi connectivity index (χ0n) is 14.5. The first-order valence-corrected chi connectivity index (χ1v) is 10.1. The Morgan fingerprint density at radius 2 is 1.48 bits per heavy atom. The second kappa shape index (κ2) is 9.23. The van der Waals surface area contributed by atoms with Crippen LogP contribution in [0.5, 0.6) is 5.75 Å². The molecule has 0 bridgehead atoms. The number of ether oxygens (including phenoxy) is 1. The van der Waals surface area contributed by atoms with Gasteiger partial charge in [0.05, 0.1) is 8.95 Å². The van der Waals surface area contributed by atoms with Crippen LogP contribution in [0.3, 0.4) is 0 Å². The topological polar surface area (TPSA) is 61.9 Å². The minimum atomic E-state index is -0.151. The number of benzene rings is 2. The van der Waals surface area contributed by atoms with Gasteiger partial charge in [-0.25, -0.2) is 4.79 Å². The fourth-order valence-corrected chi connectivity index (χ4v) is 3.96. The van der Waals surface area contributed by atoms with Crippen LogP contribution in [0.4, 0.5) is 10.5 Å². The molecule has 1 saturated heterocycles. The molecule has 0 radical (unpaired) electrons. The van der Waals surface area contributed by atoms with Crippen molar-refractivity contribution >= 4 is 49.5 Å². The lowest BCUT2D eigenvalue weighted by Crippen LogP contribution is -2.52. The number of carbonyl (C=O) groups is 2. The molecule has 0 spiro atoms. The van der Waals surface area contributed by atoms with Gasteiger partial charge in [0.2, 0.25) is 0 Å². The van der Waals surface area contributed by atoms with E-state index in [2.05, 4.69) is 37.2 Å². The van der Waals surface area contributed by atoms with Gasteiger partial charge >= 0.3 is 6.03 Å². The number of amides is 3. The Labute approximate surface area is 174 Å². The Hall–Kier alpha value is -2.06. The van der Waals surface area contributed by atoms with E-state index < -0.39 is 0 Å². The summed E-state index contributed by atoms with van der Waals surface area (Å²) in [6.45, 7) is 1.91. The molecular formula is C19H19Br2N3O3. The zero-order valence-corrected chi connectivity index (χ0v) is 17.7. The van der Waals surface area contributed by atoms with E-state index in [-0.39, 0.29) is 18.5 Å². The van der Waals surface area contributed by atoms with Crippen molar-refractivity contribution < 1.29 is 14.3 Å². The largest absolute Gasteiger partial charge is 0.481 e. The number of halogens is 2. The van der Waals surface area contributed by atoms with E-state index in [0.717, 1.165) is 14.6 Å².